The average Bonchev–Trinajstić information content (AvgIpc) is 2.88. The third kappa shape index (κ3) is 4.19. The van der Waals surface area contributed by atoms with Crippen molar-refractivity contribution in [3.63, 3.8) is 0 Å². The van der Waals surface area contributed by atoms with Crippen molar-refractivity contribution in [3.05, 3.63) is 35.4 Å². The normalized spacial score (nSPS) is 24.7. The third-order valence-electron chi connectivity index (χ3n) is 5.81. The van der Waals surface area contributed by atoms with E-state index in [1.807, 2.05) is 45.3 Å². The molecule has 1 spiro atoms. The summed E-state index contributed by atoms with van der Waals surface area (Å²) in [5.74, 6) is -0.499. The Labute approximate surface area is 166 Å². The molecule has 0 radical (unpaired) electrons. The van der Waals surface area contributed by atoms with Crippen LogP contribution in [0, 0.1) is 5.92 Å². The van der Waals surface area contributed by atoms with Gasteiger partial charge < -0.3 is 15.5 Å². The fourth-order valence-electron chi connectivity index (χ4n) is 4.17. The maximum absolute atomic E-state index is 12.9. The number of amides is 4. The summed E-state index contributed by atoms with van der Waals surface area (Å²) >= 11 is 0. The Kier molecular flexibility index (Phi) is 6.03. The highest BCUT2D eigenvalue weighted by atomic mass is 16.2. The molecule has 2 N–H and O–H groups in total. The Morgan fingerprint density at radius 2 is 1.89 bits per heavy atom. The number of nitrogens with zero attached hydrogens (tertiary/aromatic N) is 2. The Morgan fingerprint density at radius 1 is 1.21 bits per heavy atom. The Hall–Kier alpha value is -2.41. The number of carbonyl (C=O) groups excluding carboxylic acids is 3. The predicted octanol–water partition coefficient (Wildman–Crippen LogP) is 1.87. The minimum absolute atomic E-state index is 0.0893. The van der Waals surface area contributed by atoms with E-state index < -0.39 is 11.6 Å². The third-order valence-corrected chi connectivity index (χ3v) is 5.81. The molecule has 4 amide bonds. The van der Waals surface area contributed by atoms with Crippen molar-refractivity contribution < 1.29 is 14.4 Å². The molecule has 1 heterocycles. The van der Waals surface area contributed by atoms with Crippen molar-refractivity contribution in [2.45, 2.75) is 51.2 Å². The van der Waals surface area contributed by atoms with Crippen LogP contribution in [0.4, 0.5) is 4.79 Å². The van der Waals surface area contributed by atoms with Crippen molar-refractivity contribution in [2.24, 2.45) is 5.92 Å². The van der Waals surface area contributed by atoms with Gasteiger partial charge in [0.15, 0.2) is 0 Å². The van der Waals surface area contributed by atoms with Gasteiger partial charge in [0.05, 0.1) is 0 Å². The number of urea groups is 1. The molecule has 3 rings (SSSR count). The van der Waals surface area contributed by atoms with E-state index in [4.69, 9.17) is 0 Å². The van der Waals surface area contributed by atoms with E-state index in [0.29, 0.717) is 13.0 Å². The molecule has 1 aromatic rings. The number of hydrogen-bond donors (Lipinski definition) is 2. The lowest BCUT2D eigenvalue weighted by atomic mass is 9.73. The molecule has 28 heavy (non-hydrogen) atoms. The second kappa shape index (κ2) is 8.31. The molecule has 1 saturated heterocycles. The Balaban J connectivity index is 1.54. The zero-order valence-corrected chi connectivity index (χ0v) is 17.0. The lowest BCUT2D eigenvalue weighted by Crippen LogP contribution is -2.54. The van der Waals surface area contributed by atoms with Gasteiger partial charge in [0.1, 0.15) is 12.1 Å². The van der Waals surface area contributed by atoms with Crippen molar-refractivity contribution in [1.82, 2.24) is 20.4 Å². The molecule has 152 valence electrons. The van der Waals surface area contributed by atoms with E-state index in [1.165, 1.54) is 5.56 Å². The van der Waals surface area contributed by atoms with E-state index >= 15 is 0 Å². The van der Waals surface area contributed by atoms with Crippen LogP contribution in [0.5, 0.6) is 0 Å². The Morgan fingerprint density at radius 3 is 2.54 bits per heavy atom. The van der Waals surface area contributed by atoms with Crippen LogP contribution < -0.4 is 10.6 Å². The first-order valence-electron chi connectivity index (χ1n) is 9.95. The van der Waals surface area contributed by atoms with Crippen LogP contribution >= 0.6 is 0 Å². The van der Waals surface area contributed by atoms with Gasteiger partial charge >= 0.3 is 6.03 Å². The predicted molar refractivity (Wildman–Crippen MR) is 106 cm³/mol. The maximum Gasteiger partial charge on any atom is 0.325 e. The van der Waals surface area contributed by atoms with Gasteiger partial charge in [-0.3, -0.25) is 14.5 Å². The van der Waals surface area contributed by atoms with Crippen molar-refractivity contribution in [1.29, 1.82) is 0 Å². The summed E-state index contributed by atoms with van der Waals surface area (Å²) in [5, 5.41) is 5.68. The zero-order chi connectivity index (χ0) is 20.3. The van der Waals surface area contributed by atoms with Gasteiger partial charge in [-0.05, 0) is 44.0 Å². The molecule has 2 fully saturated rings. The summed E-state index contributed by atoms with van der Waals surface area (Å²) in [5.41, 5.74) is 1.36. The van der Waals surface area contributed by atoms with E-state index in [9.17, 15) is 14.4 Å². The first kappa shape index (κ1) is 20.3. The monoisotopic (exact) mass is 386 g/mol. The zero-order valence-electron chi connectivity index (χ0n) is 17.0. The fraction of sp³-hybridized carbons (Fsp3) is 0.571. The molecule has 7 nitrogen and oxygen atoms in total. The summed E-state index contributed by atoms with van der Waals surface area (Å²) in [7, 11) is 4.03. The summed E-state index contributed by atoms with van der Waals surface area (Å²) < 4.78 is 0. The summed E-state index contributed by atoms with van der Waals surface area (Å²) in [6.07, 6.45) is 3.55. The van der Waals surface area contributed by atoms with E-state index in [-0.39, 0.29) is 24.3 Å². The largest absolute Gasteiger partial charge is 0.350 e. The highest BCUT2D eigenvalue weighted by molar-refractivity contribution is 6.09. The van der Waals surface area contributed by atoms with Gasteiger partial charge in [-0.2, -0.15) is 0 Å². The van der Waals surface area contributed by atoms with E-state index in [0.717, 1.165) is 36.3 Å². The lowest BCUT2D eigenvalue weighted by Gasteiger charge is -2.36. The van der Waals surface area contributed by atoms with Crippen LogP contribution in [0.3, 0.4) is 0 Å². The molecule has 1 aliphatic carbocycles. The average molecular weight is 386 g/mol. The van der Waals surface area contributed by atoms with E-state index in [1.54, 1.807) is 0 Å². The van der Waals surface area contributed by atoms with Crippen LogP contribution in [-0.4, -0.2) is 53.8 Å². The molecule has 2 aliphatic rings. The minimum atomic E-state index is -0.822. The van der Waals surface area contributed by atoms with Gasteiger partial charge in [0, 0.05) is 13.1 Å². The number of benzene rings is 1. The topological polar surface area (TPSA) is 81.8 Å². The molecule has 1 aliphatic heterocycles. The summed E-state index contributed by atoms with van der Waals surface area (Å²) in [4.78, 5) is 40.7. The van der Waals surface area contributed by atoms with Crippen molar-refractivity contribution in [2.75, 3.05) is 20.6 Å². The second-order valence-electron chi connectivity index (χ2n) is 8.27. The minimum Gasteiger partial charge on any atom is -0.350 e. The van der Waals surface area contributed by atoms with Crippen LogP contribution in [-0.2, 0) is 22.7 Å². The SMILES string of the molecule is CC1CCCCC12NC(=O)N(CC(=O)NCc1ccc(CN(C)C)cc1)C2=O. The van der Waals surface area contributed by atoms with Gasteiger partial charge in [-0.15, -0.1) is 0 Å². The number of rotatable bonds is 6. The van der Waals surface area contributed by atoms with Crippen molar-refractivity contribution >= 4 is 17.8 Å². The fourth-order valence-corrected chi connectivity index (χ4v) is 4.17. The van der Waals surface area contributed by atoms with Crippen LogP contribution in [0.25, 0.3) is 0 Å². The molecule has 0 bridgehead atoms. The number of hydrogen-bond acceptors (Lipinski definition) is 4. The van der Waals surface area contributed by atoms with Gasteiger partial charge in [0.25, 0.3) is 5.91 Å². The molecule has 2 unspecified atom stereocenters. The molecule has 0 aromatic heterocycles. The lowest BCUT2D eigenvalue weighted by molar-refractivity contribution is -0.137. The quantitative estimate of drug-likeness (QED) is 0.732. The van der Waals surface area contributed by atoms with Gasteiger partial charge in [0.2, 0.25) is 5.91 Å². The van der Waals surface area contributed by atoms with Gasteiger partial charge in [-0.1, -0.05) is 44.0 Å². The number of imide groups is 1. The molecule has 7 heteroatoms. The molecule has 1 saturated carbocycles. The van der Waals surface area contributed by atoms with E-state index in [2.05, 4.69) is 15.5 Å². The van der Waals surface area contributed by atoms with Crippen LogP contribution in [0.15, 0.2) is 24.3 Å². The molecule has 1 aromatic carbocycles. The highest BCUT2D eigenvalue weighted by Gasteiger charge is 2.55. The first-order chi connectivity index (χ1) is 13.3. The molecule has 2 atom stereocenters. The number of carbonyl (C=O) groups is 3. The van der Waals surface area contributed by atoms with Crippen LogP contribution in [0.2, 0.25) is 0 Å². The smallest absolute Gasteiger partial charge is 0.325 e. The summed E-state index contributed by atoms with van der Waals surface area (Å²) in [6.45, 7) is 2.99. The molecular weight excluding hydrogens is 356 g/mol. The van der Waals surface area contributed by atoms with Crippen LogP contribution in [0.1, 0.15) is 43.7 Å². The Bertz CT molecular complexity index is 747. The molecular formula is C21H30N4O3. The van der Waals surface area contributed by atoms with Gasteiger partial charge in [-0.25, -0.2) is 4.79 Å². The first-order valence-corrected chi connectivity index (χ1v) is 9.95. The second-order valence-corrected chi connectivity index (χ2v) is 8.27. The van der Waals surface area contributed by atoms with Crippen molar-refractivity contribution in [3.8, 4) is 0 Å². The highest BCUT2D eigenvalue weighted by Crippen LogP contribution is 2.38. The number of nitrogens with one attached hydrogen (secondary N) is 2. The summed E-state index contributed by atoms with van der Waals surface area (Å²) in [6, 6.07) is 7.57. The maximum atomic E-state index is 12.9. The standard InChI is InChI=1S/C21H30N4O3/c1-15-6-4-5-11-21(15)19(27)25(20(28)23-21)14-18(26)22-12-16-7-9-17(10-8-16)13-24(2)3/h7-10,15H,4-6,11-14H2,1-3H3,(H,22,26)(H,23,28).